The maximum absolute atomic E-state index is 12.7. The molecular weight excluding hydrogens is 384 g/mol. The third kappa shape index (κ3) is 3.95. The highest BCUT2D eigenvalue weighted by atomic mass is 32.1. The van der Waals surface area contributed by atoms with Gasteiger partial charge < -0.3 is 0 Å². The van der Waals surface area contributed by atoms with E-state index in [0.717, 1.165) is 22.6 Å². The van der Waals surface area contributed by atoms with Gasteiger partial charge in [-0.2, -0.15) is 0 Å². The van der Waals surface area contributed by atoms with Crippen LogP contribution in [-0.4, -0.2) is 20.3 Å². The number of rotatable bonds is 4. The molecule has 4 rings (SSSR count). The number of nitrogens with one attached hydrogen (secondary N) is 1. The normalized spacial score (nSPS) is 11.0. The van der Waals surface area contributed by atoms with Gasteiger partial charge in [0.15, 0.2) is 5.13 Å². The van der Waals surface area contributed by atoms with Gasteiger partial charge in [0.25, 0.3) is 11.5 Å². The number of benzene rings is 1. The Hall–Kier alpha value is -3.32. The van der Waals surface area contributed by atoms with Crippen LogP contribution in [0.25, 0.3) is 5.65 Å². The molecule has 0 bridgehead atoms. The van der Waals surface area contributed by atoms with Crippen LogP contribution in [0.1, 0.15) is 37.6 Å². The number of hydrogen-bond donors (Lipinski definition) is 1. The Labute approximate surface area is 171 Å². The van der Waals surface area contributed by atoms with Crippen molar-refractivity contribution in [1.29, 1.82) is 0 Å². The number of aryl methyl sites for hydroxylation is 3. The van der Waals surface area contributed by atoms with E-state index in [1.807, 2.05) is 13.8 Å². The Morgan fingerprint density at radius 2 is 1.86 bits per heavy atom. The minimum Gasteiger partial charge on any atom is -0.298 e. The van der Waals surface area contributed by atoms with Crippen LogP contribution < -0.4 is 10.9 Å². The van der Waals surface area contributed by atoms with E-state index in [-0.39, 0.29) is 5.56 Å². The average molecular weight is 404 g/mol. The van der Waals surface area contributed by atoms with Crippen molar-refractivity contribution in [1.82, 2.24) is 14.4 Å². The highest BCUT2D eigenvalue weighted by Crippen LogP contribution is 2.25. The smallest absolute Gasteiger partial charge is 0.270 e. The van der Waals surface area contributed by atoms with Crippen molar-refractivity contribution in [3.63, 3.8) is 0 Å². The van der Waals surface area contributed by atoms with E-state index < -0.39 is 11.5 Å². The number of hydrogen-bond acceptors (Lipinski definition) is 5. The molecule has 4 aromatic rings. The molecule has 0 saturated carbocycles. The van der Waals surface area contributed by atoms with E-state index in [9.17, 15) is 9.59 Å². The van der Waals surface area contributed by atoms with Gasteiger partial charge in [-0.3, -0.25) is 19.3 Å². The first-order valence-corrected chi connectivity index (χ1v) is 10.0. The Morgan fingerprint density at radius 3 is 2.62 bits per heavy atom. The fourth-order valence-electron chi connectivity index (χ4n) is 3.03. The van der Waals surface area contributed by atoms with Crippen LogP contribution in [0.15, 0.2) is 53.6 Å². The lowest BCUT2D eigenvalue weighted by molar-refractivity contribution is 0.102. The Kier molecular flexibility index (Phi) is 4.98. The summed E-state index contributed by atoms with van der Waals surface area (Å²) in [6, 6.07) is 11.9. The third-order valence-corrected chi connectivity index (χ3v) is 5.78. The molecule has 1 aromatic carbocycles. The number of fused-ring (bicyclic) bond motifs is 1. The first-order valence-electron chi connectivity index (χ1n) is 9.22. The summed E-state index contributed by atoms with van der Waals surface area (Å²) in [6.07, 6.45) is 3.70. The van der Waals surface area contributed by atoms with Gasteiger partial charge in [0.1, 0.15) is 11.2 Å². The number of carbonyl (C=O) groups is 1. The molecule has 29 heavy (non-hydrogen) atoms. The molecule has 1 N–H and O–H groups in total. The molecule has 0 saturated heterocycles. The van der Waals surface area contributed by atoms with Crippen molar-refractivity contribution >= 4 is 28.0 Å². The van der Waals surface area contributed by atoms with Crippen molar-refractivity contribution in [2.45, 2.75) is 27.2 Å². The lowest BCUT2D eigenvalue weighted by Crippen LogP contribution is -2.26. The number of aromatic nitrogens is 3. The molecule has 0 aliphatic rings. The fraction of sp³-hybridized carbons (Fsp3) is 0.182. The van der Waals surface area contributed by atoms with Gasteiger partial charge in [-0.25, -0.2) is 9.97 Å². The second kappa shape index (κ2) is 7.60. The molecule has 7 heteroatoms. The monoisotopic (exact) mass is 404 g/mol. The fourth-order valence-corrected chi connectivity index (χ4v) is 4.03. The van der Waals surface area contributed by atoms with E-state index in [0.29, 0.717) is 10.8 Å². The number of pyridine rings is 1. The standard InChI is InChI=1S/C22H20N4O2S/c1-13-4-6-16(7-5-13)11-18-15(3)24-22(29-18)25-20(27)17-12-23-19-10-14(2)8-9-26(19)21(17)28/h4-10,12H,11H2,1-3H3,(H,24,25,27). The van der Waals surface area contributed by atoms with Crippen LogP contribution in [0.3, 0.4) is 0 Å². The van der Waals surface area contributed by atoms with E-state index >= 15 is 0 Å². The molecule has 0 unspecified atom stereocenters. The average Bonchev–Trinajstić information content (AvgIpc) is 3.02. The van der Waals surface area contributed by atoms with Gasteiger partial charge in [0.2, 0.25) is 0 Å². The molecule has 1 amide bonds. The maximum atomic E-state index is 12.7. The zero-order valence-electron chi connectivity index (χ0n) is 16.4. The topological polar surface area (TPSA) is 76.4 Å². The van der Waals surface area contributed by atoms with Gasteiger partial charge in [0.05, 0.1) is 5.69 Å². The predicted octanol–water partition coefficient (Wildman–Crippen LogP) is 3.92. The predicted molar refractivity (Wildman–Crippen MR) is 115 cm³/mol. The summed E-state index contributed by atoms with van der Waals surface area (Å²) >= 11 is 1.42. The highest BCUT2D eigenvalue weighted by molar-refractivity contribution is 7.15. The first kappa shape index (κ1) is 19.0. The summed E-state index contributed by atoms with van der Waals surface area (Å²) in [6.45, 7) is 5.90. The number of amides is 1. The van der Waals surface area contributed by atoms with Crippen molar-refractivity contribution < 1.29 is 4.79 Å². The van der Waals surface area contributed by atoms with Crippen LogP contribution in [0.5, 0.6) is 0 Å². The Bertz CT molecular complexity index is 1270. The summed E-state index contributed by atoms with van der Waals surface area (Å²) in [5.74, 6) is -0.506. The molecule has 0 spiro atoms. The minimum atomic E-state index is -0.506. The van der Waals surface area contributed by atoms with E-state index in [2.05, 4.69) is 46.5 Å². The largest absolute Gasteiger partial charge is 0.298 e. The first-order chi connectivity index (χ1) is 13.9. The lowest BCUT2D eigenvalue weighted by Gasteiger charge is -2.04. The van der Waals surface area contributed by atoms with Crippen molar-refractivity contribution in [3.8, 4) is 0 Å². The number of carbonyl (C=O) groups excluding carboxylic acids is 1. The molecular formula is C22H20N4O2S. The molecule has 0 aliphatic heterocycles. The van der Waals surface area contributed by atoms with Gasteiger partial charge in [0, 0.05) is 23.7 Å². The zero-order chi connectivity index (χ0) is 20.5. The second-order valence-electron chi connectivity index (χ2n) is 7.05. The molecule has 6 nitrogen and oxygen atoms in total. The third-order valence-electron chi connectivity index (χ3n) is 4.71. The summed E-state index contributed by atoms with van der Waals surface area (Å²) in [5, 5.41) is 3.22. The van der Waals surface area contributed by atoms with Crippen LogP contribution in [0, 0.1) is 20.8 Å². The highest BCUT2D eigenvalue weighted by Gasteiger charge is 2.16. The minimum absolute atomic E-state index is 0.0145. The van der Waals surface area contributed by atoms with Gasteiger partial charge in [-0.1, -0.05) is 29.8 Å². The van der Waals surface area contributed by atoms with E-state index in [4.69, 9.17) is 0 Å². The number of anilines is 1. The van der Waals surface area contributed by atoms with E-state index in [1.165, 1.54) is 33.1 Å². The van der Waals surface area contributed by atoms with Crippen molar-refractivity contribution in [3.05, 3.63) is 92.0 Å². The summed E-state index contributed by atoms with van der Waals surface area (Å²) in [4.78, 5) is 35.1. The van der Waals surface area contributed by atoms with Crippen LogP contribution >= 0.6 is 11.3 Å². The van der Waals surface area contributed by atoms with Crippen molar-refractivity contribution in [2.24, 2.45) is 0 Å². The number of thiazole rings is 1. The second-order valence-corrected chi connectivity index (χ2v) is 8.14. The van der Waals surface area contributed by atoms with Gasteiger partial charge in [-0.15, -0.1) is 11.3 Å². The summed E-state index contributed by atoms with van der Waals surface area (Å²) in [7, 11) is 0. The molecule has 3 aromatic heterocycles. The zero-order valence-corrected chi connectivity index (χ0v) is 17.2. The lowest BCUT2D eigenvalue weighted by atomic mass is 10.1. The molecule has 3 heterocycles. The van der Waals surface area contributed by atoms with Crippen LogP contribution in [-0.2, 0) is 6.42 Å². The molecule has 0 aliphatic carbocycles. The molecule has 0 atom stereocenters. The Morgan fingerprint density at radius 1 is 1.10 bits per heavy atom. The number of nitrogens with zero attached hydrogens (tertiary/aromatic N) is 3. The van der Waals surface area contributed by atoms with Crippen LogP contribution in [0.4, 0.5) is 5.13 Å². The van der Waals surface area contributed by atoms with Gasteiger partial charge >= 0.3 is 0 Å². The van der Waals surface area contributed by atoms with Gasteiger partial charge in [-0.05, 0) is 44.0 Å². The molecule has 0 fully saturated rings. The summed E-state index contributed by atoms with van der Waals surface area (Å²) < 4.78 is 1.37. The van der Waals surface area contributed by atoms with E-state index in [1.54, 1.807) is 18.3 Å². The molecule has 0 radical (unpaired) electrons. The van der Waals surface area contributed by atoms with Crippen molar-refractivity contribution in [2.75, 3.05) is 5.32 Å². The quantitative estimate of drug-likeness (QED) is 0.559. The van der Waals surface area contributed by atoms with Crippen LogP contribution in [0.2, 0.25) is 0 Å². The maximum Gasteiger partial charge on any atom is 0.270 e. The Balaban J connectivity index is 1.57. The summed E-state index contributed by atoms with van der Waals surface area (Å²) in [5.41, 5.74) is 4.36. The molecule has 146 valence electrons. The SMILES string of the molecule is Cc1ccc(Cc2sc(NC(=O)c3cnc4cc(C)ccn4c3=O)nc2C)cc1.